The molecule has 2 N–H and O–H groups in total. The van der Waals surface area contributed by atoms with E-state index >= 15 is 0 Å². The minimum Gasteiger partial charge on any atom is -0.378 e. The molecule has 4 rings (SSSR count). The first-order valence-corrected chi connectivity index (χ1v) is 17.4. The predicted octanol–water partition coefficient (Wildman–Crippen LogP) is 4.20. The fourth-order valence-corrected chi connectivity index (χ4v) is 7.66. The molecule has 2 amide bonds. The van der Waals surface area contributed by atoms with Gasteiger partial charge in [0.2, 0.25) is 21.8 Å². The van der Waals surface area contributed by atoms with E-state index in [2.05, 4.69) is 16.1 Å². The fraction of sp³-hybridized carbons (Fsp3) is 0.606. The topological polar surface area (TPSA) is 132 Å². The summed E-state index contributed by atoms with van der Waals surface area (Å²) < 4.78 is 34.5. The highest BCUT2D eigenvalue weighted by molar-refractivity contribution is 7.89. The second kappa shape index (κ2) is 16.2. The van der Waals surface area contributed by atoms with Crippen LogP contribution in [0.1, 0.15) is 64.2 Å². The molecule has 1 saturated heterocycles. The van der Waals surface area contributed by atoms with Crippen molar-refractivity contribution in [2.45, 2.75) is 75.1 Å². The van der Waals surface area contributed by atoms with Crippen molar-refractivity contribution in [2.24, 2.45) is 11.8 Å². The number of amides is 2. The highest BCUT2D eigenvalue weighted by Gasteiger charge is 2.30. The molecule has 2 atom stereocenters. The summed E-state index contributed by atoms with van der Waals surface area (Å²) in [6, 6.07) is 12.4. The van der Waals surface area contributed by atoms with Crippen LogP contribution in [-0.2, 0) is 24.3 Å². The Labute approximate surface area is 262 Å². The third-order valence-electron chi connectivity index (χ3n) is 8.81. The Morgan fingerprint density at radius 3 is 2.45 bits per heavy atom. The van der Waals surface area contributed by atoms with E-state index in [-0.39, 0.29) is 29.7 Å². The summed E-state index contributed by atoms with van der Waals surface area (Å²) in [5.74, 6) is -0.321. The van der Waals surface area contributed by atoms with E-state index in [0.29, 0.717) is 63.3 Å². The van der Waals surface area contributed by atoms with Gasteiger partial charge in [-0.15, -0.1) is 0 Å². The van der Waals surface area contributed by atoms with Crippen LogP contribution in [0.3, 0.4) is 0 Å². The Kier molecular flexibility index (Phi) is 12.4. The number of morpholine rings is 1. The average Bonchev–Trinajstić information content (AvgIpc) is 3.03. The lowest BCUT2D eigenvalue weighted by Crippen LogP contribution is -2.44. The average molecular weight is 626 g/mol. The van der Waals surface area contributed by atoms with Gasteiger partial charge in [0.05, 0.1) is 24.2 Å². The number of nitrogens with one attached hydrogen (secondary N) is 2. The molecule has 0 aromatic heterocycles. The third-order valence-corrected chi connectivity index (χ3v) is 10.3. The largest absolute Gasteiger partial charge is 0.378 e. The van der Waals surface area contributed by atoms with Crippen LogP contribution >= 0.6 is 0 Å². The molecule has 0 unspecified atom stereocenters. The van der Waals surface area contributed by atoms with Crippen molar-refractivity contribution < 1.29 is 22.7 Å². The number of anilines is 1. The predicted molar refractivity (Wildman–Crippen MR) is 172 cm³/mol. The first-order valence-electron chi connectivity index (χ1n) is 15.9. The lowest BCUT2D eigenvalue weighted by molar-refractivity contribution is -0.140. The Hall–Kier alpha value is -3.20. The number of nitrogens with zero attached hydrogens (tertiary/aromatic N) is 3. The number of fused-ring (bicyclic) bond motifs is 1. The van der Waals surface area contributed by atoms with Crippen molar-refractivity contribution in [1.29, 1.82) is 5.26 Å². The van der Waals surface area contributed by atoms with Crippen LogP contribution in [0.2, 0.25) is 0 Å². The molecule has 11 heteroatoms. The Morgan fingerprint density at radius 2 is 1.75 bits per heavy atom. The van der Waals surface area contributed by atoms with Crippen LogP contribution < -0.4 is 14.9 Å². The van der Waals surface area contributed by atoms with E-state index in [9.17, 15) is 23.3 Å². The maximum absolute atomic E-state index is 13.4. The zero-order chi connectivity index (χ0) is 31.5. The summed E-state index contributed by atoms with van der Waals surface area (Å²) in [7, 11) is 0.0993. The molecule has 1 aliphatic heterocycles. The van der Waals surface area contributed by atoms with Gasteiger partial charge in [-0.25, -0.2) is 13.1 Å². The molecule has 2 fully saturated rings. The van der Waals surface area contributed by atoms with E-state index in [0.717, 1.165) is 36.8 Å². The number of benzene rings is 2. The van der Waals surface area contributed by atoms with E-state index in [1.54, 1.807) is 17.0 Å². The van der Waals surface area contributed by atoms with Crippen LogP contribution in [0.5, 0.6) is 0 Å². The number of unbranched alkanes of at least 4 members (excludes halogenated alkanes) is 1. The molecule has 2 aromatic carbocycles. The summed E-state index contributed by atoms with van der Waals surface area (Å²) in [6.07, 6.45) is 7.94. The Bertz CT molecular complexity index is 1410. The molecule has 0 spiro atoms. The van der Waals surface area contributed by atoms with Crippen LogP contribution in [0.25, 0.3) is 10.8 Å². The normalized spacial score (nSPS) is 17.5. The molecular formula is C33H47N5O5S. The summed E-state index contributed by atoms with van der Waals surface area (Å²) in [5, 5.41) is 14.2. The van der Waals surface area contributed by atoms with Crippen molar-refractivity contribution >= 4 is 38.3 Å². The summed E-state index contributed by atoms with van der Waals surface area (Å²) in [4.78, 5) is 30.4. The number of nitriles is 1. The zero-order valence-electron chi connectivity index (χ0n) is 26.1. The van der Waals surface area contributed by atoms with Gasteiger partial charge in [0.1, 0.15) is 6.04 Å². The number of ether oxygens (including phenoxy) is 1. The number of hydrogen-bond donors (Lipinski definition) is 2. The fourth-order valence-electron chi connectivity index (χ4n) is 6.37. The van der Waals surface area contributed by atoms with Gasteiger partial charge in [-0.1, -0.05) is 56.4 Å². The first kappa shape index (κ1) is 33.7. The van der Waals surface area contributed by atoms with Crippen molar-refractivity contribution in [3.63, 3.8) is 0 Å². The van der Waals surface area contributed by atoms with E-state index in [4.69, 9.17) is 4.74 Å². The standard InChI is InChI=1S/C33H47N5O5S/c1-37(2)30-15-8-14-29-28(30)13-9-16-31(29)44(41,42)35-17-7-6-12-27(24-34)36-33(40)26(22-25-10-4-3-5-11-25)23-32(39)38-18-20-43-21-19-38/h8-9,13-16,25-27,35H,3-7,10-12,17-23H2,1-2H3,(H,36,40)/t26-,27+/m1/s1. The van der Waals surface area contributed by atoms with Gasteiger partial charge in [0.25, 0.3) is 0 Å². The monoisotopic (exact) mass is 625 g/mol. The molecule has 1 saturated carbocycles. The number of sulfonamides is 1. The van der Waals surface area contributed by atoms with Gasteiger partial charge in [-0.05, 0) is 43.7 Å². The molecule has 2 aliphatic rings. The summed E-state index contributed by atoms with van der Waals surface area (Å²) in [5.41, 5.74) is 0.940. The first-order chi connectivity index (χ1) is 21.2. The second-order valence-corrected chi connectivity index (χ2v) is 14.0. The number of hydrogen-bond acceptors (Lipinski definition) is 7. The summed E-state index contributed by atoms with van der Waals surface area (Å²) >= 11 is 0. The third kappa shape index (κ3) is 9.16. The molecule has 240 valence electrons. The lowest BCUT2D eigenvalue weighted by Gasteiger charge is -2.30. The number of carbonyl (C=O) groups excluding carboxylic acids is 2. The van der Waals surface area contributed by atoms with Gasteiger partial charge in [-0.3, -0.25) is 9.59 Å². The molecule has 0 radical (unpaired) electrons. The van der Waals surface area contributed by atoms with E-state index in [1.165, 1.54) is 6.42 Å². The molecule has 10 nitrogen and oxygen atoms in total. The van der Waals surface area contributed by atoms with Gasteiger partial charge in [0, 0.05) is 62.5 Å². The maximum Gasteiger partial charge on any atom is 0.241 e. The summed E-state index contributed by atoms with van der Waals surface area (Å²) in [6.45, 7) is 2.32. The molecule has 0 bridgehead atoms. The molecular weight excluding hydrogens is 578 g/mol. The van der Waals surface area contributed by atoms with Crippen molar-refractivity contribution in [2.75, 3.05) is 51.8 Å². The van der Waals surface area contributed by atoms with Crippen LogP contribution in [0.4, 0.5) is 5.69 Å². The smallest absolute Gasteiger partial charge is 0.241 e. The maximum atomic E-state index is 13.4. The van der Waals surface area contributed by atoms with Crippen molar-refractivity contribution in [3.8, 4) is 6.07 Å². The number of rotatable bonds is 14. The van der Waals surface area contributed by atoms with Crippen molar-refractivity contribution in [1.82, 2.24) is 14.9 Å². The minimum absolute atomic E-state index is 0.0332. The second-order valence-electron chi connectivity index (χ2n) is 12.2. The van der Waals surface area contributed by atoms with Crippen molar-refractivity contribution in [3.05, 3.63) is 36.4 Å². The number of carbonyl (C=O) groups is 2. The molecule has 2 aromatic rings. The van der Waals surface area contributed by atoms with Gasteiger partial charge in [0.15, 0.2) is 0 Å². The minimum atomic E-state index is -3.75. The Balaban J connectivity index is 1.29. The van der Waals surface area contributed by atoms with Gasteiger partial charge < -0.3 is 19.9 Å². The van der Waals surface area contributed by atoms with Crippen LogP contribution in [0, 0.1) is 23.2 Å². The van der Waals surface area contributed by atoms with Gasteiger partial charge in [-0.2, -0.15) is 5.26 Å². The van der Waals surface area contributed by atoms with Crippen LogP contribution in [-0.4, -0.2) is 78.1 Å². The molecule has 1 aliphatic carbocycles. The highest BCUT2D eigenvalue weighted by Crippen LogP contribution is 2.31. The SMILES string of the molecule is CN(C)c1cccc2c(S(=O)(=O)NCCCC[C@@H](C#N)NC(=O)[C@@H](CC(=O)N3CCOCC3)CC3CCCCC3)cccc12. The molecule has 44 heavy (non-hydrogen) atoms. The molecule has 1 heterocycles. The Morgan fingerprint density at radius 1 is 1.05 bits per heavy atom. The quantitative estimate of drug-likeness (QED) is 0.301. The lowest BCUT2D eigenvalue weighted by atomic mass is 9.81. The van der Waals surface area contributed by atoms with Crippen LogP contribution in [0.15, 0.2) is 41.3 Å². The van der Waals surface area contributed by atoms with Gasteiger partial charge >= 0.3 is 0 Å². The van der Waals surface area contributed by atoms with E-state index in [1.807, 2.05) is 43.3 Å². The zero-order valence-corrected chi connectivity index (χ0v) is 26.9. The van der Waals surface area contributed by atoms with E-state index < -0.39 is 22.0 Å². The highest BCUT2D eigenvalue weighted by atomic mass is 32.2.